The first-order chi connectivity index (χ1) is 10.7. The SMILES string of the molecule is Cc1ccc(-c2nn3c(C4CCCN(C)C4)nnc3s2)cc1. The molecule has 4 rings (SSSR count). The van der Waals surface area contributed by atoms with Crippen LogP contribution in [0.15, 0.2) is 24.3 Å². The van der Waals surface area contributed by atoms with E-state index in [1.165, 1.54) is 24.9 Å². The molecule has 5 nitrogen and oxygen atoms in total. The Kier molecular flexibility index (Phi) is 3.43. The van der Waals surface area contributed by atoms with Crippen LogP contribution in [0.2, 0.25) is 0 Å². The number of rotatable bonds is 2. The number of aromatic nitrogens is 4. The highest BCUT2D eigenvalue weighted by molar-refractivity contribution is 7.19. The van der Waals surface area contributed by atoms with Crippen molar-refractivity contribution in [2.24, 2.45) is 0 Å². The van der Waals surface area contributed by atoms with Crippen molar-refractivity contribution in [3.63, 3.8) is 0 Å². The van der Waals surface area contributed by atoms with E-state index in [0.29, 0.717) is 5.92 Å². The van der Waals surface area contributed by atoms with Crippen LogP contribution in [0.5, 0.6) is 0 Å². The van der Waals surface area contributed by atoms with Crippen molar-refractivity contribution >= 4 is 16.3 Å². The van der Waals surface area contributed by atoms with E-state index in [1.54, 1.807) is 11.3 Å². The maximum absolute atomic E-state index is 4.76. The molecule has 0 N–H and O–H groups in total. The summed E-state index contributed by atoms with van der Waals surface area (Å²) < 4.78 is 1.95. The Labute approximate surface area is 133 Å². The molecule has 1 unspecified atom stereocenters. The zero-order valence-corrected chi connectivity index (χ0v) is 13.7. The average molecular weight is 313 g/mol. The Hall–Kier alpha value is -1.79. The van der Waals surface area contributed by atoms with Gasteiger partial charge in [-0.3, -0.25) is 0 Å². The molecule has 2 aromatic heterocycles. The second kappa shape index (κ2) is 5.44. The van der Waals surface area contributed by atoms with Crippen molar-refractivity contribution < 1.29 is 0 Å². The fraction of sp³-hybridized carbons (Fsp3) is 0.438. The number of likely N-dealkylation sites (tertiary alicyclic amines) is 1. The summed E-state index contributed by atoms with van der Waals surface area (Å²) in [6.07, 6.45) is 2.38. The summed E-state index contributed by atoms with van der Waals surface area (Å²) in [7, 11) is 2.17. The second-order valence-electron chi connectivity index (χ2n) is 6.13. The van der Waals surface area contributed by atoms with Gasteiger partial charge in [0.05, 0.1) is 0 Å². The third kappa shape index (κ3) is 2.42. The molecule has 0 amide bonds. The van der Waals surface area contributed by atoms with E-state index < -0.39 is 0 Å². The minimum Gasteiger partial charge on any atom is -0.306 e. The first-order valence-electron chi connectivity index (χ1n) is 7.68. The van der Waals surface area contributed by atoms with Crippen molar-refractivity contribution in [3.8, 4) is 10.6 Å². The summed E-state index contributed by atoms with van der Waals surface area (Å²) >= 11 is 1.61. The molecule has 1 aromatic carbocycles. The van der Waals surface area contributed by atoms with Crippen LogP contribution in [0.25, 0.3) is 15.5 Å². The van der Waals surface area contributed by atoms with Crippen molar-refractivity contribution in [1.82, 2.24) is 24.7 Å². The van der Waals surface area contributed by atoms with Crippen molar-refractivity contribution in [1.29, 1.82) is 0 Å². The first kappa shape index (κ1) is 13.8. The zero-order chi connectivity index (χ0) is 15.1. The lowest BCUT2D eigenvalue weighted by Gasteiger charge is -2.28. The van der Waals surface area contributed by atoms with E-state index in [2.05, 4.69) is 53.3 Å². The predicted octanol–water partition coefficient (Wildman–Crippen LogP) is 2.97. The Balaban J connectivity index is 1.71. The molecule has 0 saturated carbocycles. The summed E-state index contributed by atoms with van der Waals surface area (Å²) in [4.78, 5) is 3.25. The highest BCUT2D eigenvalue weighted by atomic mass is 32.1. The topological polar surface area (TPSA) is 46.3 Å². The zero-order valence-electron chi connectivity index (χ0n) is 12.9. The van der Waals surface area contributed by atoms with Crippen LogP contribution in [0.1, 0.15) is 30.1 Å². The van der Waals surface area contributed by atoms with Gasteiger partial charge in [0.2, 0.25) is 4.96 Å². The summed E-state index contributed by atoms with van der Waals surface area (Å²) in [6, 6.07) is 8.48. The molecular weight excluding hydrogens is 294 g/mol. The monoisotopic (exact) mass is 313 g/mol. The lowest BCUT2D eigenvalue weighted by Crippen LogP contribution is -2.31. The third-order valence-electron chi connectivity index (χ3n) is 4.30. The van der Waals surface area contributed by atoms with Crippen LogP contribution >= 0.6 is 11.3 Å². The normalized spacial score (nSPS) is 19.8. The van der Waals surface area contributed by atoms with Gasteiger partial charge in [0.25, 0.3) is 0 Å². The number of benzene rings is 1. The maximum atomic E-state index is 4.76. The standard InChI is InChI=1S/C16H19N5S/c1-11-5-7-12(8-6-11)15-19-21-14(17-18-16(21)22-15)13-4-3-9-20(2)10-13/h5-8,13H,3-4,9-10H2,1-2H3. The van der Waals surface area contributed by atoms with E-state index in [0.717, 1.165) is 27.9 Å². The molecule has 0 bridgehead atoms. The number of piperidine rings is 1. The lowest BCUT2D eigenvalue weighted by molar-refractivity contribution is 0.244. The van der Waals surface area contributed by atoms with Crippen LogP contribution in [-0.2, 0) is 0 Å². The van der Waals surface area contributed by atoms with Gasteiger partial charge in [-0.2, -0.15) is 9.61 Å². The van der Waals surface area contributed by atoms with Gasteiger partial charge in [0, 0.05) is 18.0 Å². The van der Waals surface area contributed by atoms with Gasteiger partial charge in [-0.15, -0.1) is 10.2 Å². The lowest BCUT2D eigenvalue weighted by atomic mass is 9.98. The average Bonchev–Trinajstić information content (AvgIpc) is 3.08. The van der Waals surface area contributed by atoms with Crippen LogP contribution in [-0.4, -0.2) is 44.8 Å². The van der Waals surface area contributed by atoms with Crippen LogP contribution in [0, 0.1) is 6.92 Å². The molecule has 6 heteroatoms. The number of likely N-dealkylation sites (N-methyl/N-ethyl adjacent to an activating group) is 1. The van der Waals surface area contributed by atoms with Gasteiger partial charge in [0.15, 0.2) is 5.82 Å². The highest BCUT2D eigenvalue weighted by Crippen LogP contribution is 2.29. The Morgan fingerprint density at radius 1 is 1.18 bits per heavy atom. The van der Waals surface area contributed by atoms with Crippen LogP contribution in [0.4, 0.5) is 0 Å². The maximum Gasteiger partial charge on any atom is 0.234 e. The van der Waals surface area contributed by atoms with Gasteiger partial charge in [-0.25, -0.2) is 0 Å². The third-order valence-corrected chi connectivity index (χ3v) is 5.25. The first-order valence-corrected chi connectivity index (χ1v) is 8.50. The van der Waals surface area contributed by atoms with E-state index >= 15 is 0 Å². The summed E-state index contributed by atoms with van der Waals surface area (Å²) in [5.41, 5.74) is 2.41. The fourth-order valence-electron chi connectivity index (χ4n) is 3.08. The summed E-state index contributed by atoms with van der Waals surface area (Å²) in [6.45, 7) is 4.31. The molecule has 1 aliphatic rings. The van der Waals surface area contributed by atoms with E-state index in [9.17, 15) is 0 Å². The predicted molar refractivity (Wildman–Crippen MR) is 88.3 cm³/mol. The number of hydrogen-bond donors (Lipinski definition) is 0. The molecule has 3 heterocycles. The summed E-state index contributed by atoms with van der Waals surface area (Å²) in [5.74, 6) is 1.44. The molecule has 0 aliphatic carbocycles. The minimum absolute atomic E-state index is 0.432. The van der Waals surface area contributed by atoms with Gasteiger partial charge in [-0.05, 0) is 33.4 Å². The van der Waals surface area contributed by atoms with Gasteiger partial charge in [-0.1, -0.05) is 41.2 Å². The number of aryl methyl sites for hydroxylation is 1. The van der Waals surface area contributed by atoms with Crippen LogP contribution < -0.4 is 0 Å². The van der Waals surface area contributed by atoms with Crippen molar-refractivity contribution in [2.75, 3.05) is 20.1 Å². The molecule has 1 atom stereocenters. The molecule has 3 aromatic rings. The minimum atomic E-state index is 0.432. The molecule has 0 radical (unpaired) electrons. The number of nitrogens with zero attached hydrogens (tertiary/aromatic N) is 5. The van der Waals surface area contributed by atoms with Gasteiger partial charge in [0.1, 0.15) is 5.01 Å². The largest absolute Gasteiger partial charge is 0.306 e. The number of hydrogen-bond acceptors (Lipinski definition) is 5. The van der Waals surface area contributed by atoms with E-state index in [1.807, 2.05) is 4.52 Å². The van der Waals surface area contributed by atoms with Crippen molar-refractivity contribution in [3.05, 3.63) is 35.7 Å². The molecule has 1 aliphatic heterocycles. The number of fused-ring (bicyclic) bond motifs is 1. The molecule has 1 fully saturated rings. The van der Waals surface area contributed by atoms with E-state index in [-0.39, 0.29) is 0 Å². The van der Waals surface area contributed by atoms with Gasteiger partial charge >= 0.3 is 0 Å². The fourth-order valence-corrected chi connectivity index (χ4v) is 3.93. The smallest absolute Gasteiger partial charge is 0.234 e. The molecule has 22 heavy (non-hydrogen) atoms. The molecule has 1 saturated heterocycles. The Bertz CT molecular complexity index is 789. The van der Waals surface area contributed by atoms with Crippen molar-refractivity contribution in [2.45, 2.75) is 25.7 Å². The highest BCUT2D eigenvalue weighted by Gasteiger charge is 2.25. The Morgan fingerprint density at radius 2 is 2.00 bits per heavy atom. The molecular formula is C16H19N5S. The van der Waals surface area contributed by atoms with Gasteiger partial charge < -0.3 is 4.90 Å². The molecule has 0 spiro atoms. The quantitative estimate of drug-likeness (QED) is 0.730. The van der Waals surface area contributed by atoms with E-state index in [4.69, 9.17) is 5.10 Å². The Morgan fingerprint density at radius 3 is 2.77 bits per heavy atom. The molecule has 114 valence electrons. The van der Waals surface area contributed by atoms with Crippen LogP contribution in [0.3, 0.4) is 0 Å². The second-order valence-corrected chi connectivity index (χ2v) is 7.08. The summed E-state index contributed by atoms with van der Waals surface area (Å²) in [5, 5.41) is 14.5.